The van der Waals surface area contributed by atoms with Crippen LogP contribution in [0, 0.1) is 0 Å². The molecule has 110 valence electrons. The largest absolute Gasteiger partial charge is 0.496 e. The molecular weight excluding hydrogens is 260 g/mol. The monoisotopic (exact) mass is 280 g/mol. The highest BCUT2D eigenvalue weighted by atomic mass is 16.5. The van der Waals surface area contributed by atoms with Crippen molar-refractivity contribution in [1.29, 1.82) is 0 Å². The third-order valence-electron chi connectivity index (χ3n) is 2.65. The average Bonchev–Trinajstić information content (AvgIpc) is 2.45. The highest BCUT2D eigenvalue weighted by molar-refractivity contribution is 5.99. The van der Waals surface area contributed by atoms with Gasteiger partial charge in [0.15, 0.2) is 5.84 Å². The number of methoxy groups -OCH3 is 1. The lowest BCUT2D eigenvalue weighted by Crippen LogP contribution is -2.30. The van der Waals surface area contributed by atoms with Gasteiger partial charge in [-0.05, 0) is 17.7 Å². The van der Waals surface area contributed by atoms with E-state index in [0.717, 1.165) is 5.56 Å². The van der Waals surface area contributed by atoms with Gasteiger partial charge in [-0.3, -0.25) is 4.79 Å². The first-order valence-electron chi connectivity index (χ1n) is 6.18. The summed E-state index contributed by atoms with van der Waals surface area (Å²) >= 11 is 0. The number of amides is 1. The number of rotatable bonds is 7. The van der Waals surface area contributed by atoms with E-state index in [0.29, 0.717) is 30.9 Å². The number of carbonyl (C=O) groups is 1. The number of amidine groups is 1. The Morgan fingerprint density at radius 1 is 1.45 bits per heavy atom. The molecule has 0 radical (unpaired) electrons. The summed E-state index contributed by atoms with van der Waals surface area (Å²) in [4.78, 5) is 10.7. The smallest absolute Gasteiger partial charge is 0.216 e. The molecule has 5 N–H and O–H groups in total. The van der Waals surface area contributed by atoms with Crippen molar-refractivity contribution in [2.24, 2.45) is 10.9 Å². The van der Waals surface area contributed by atoms with E-state index >= 15 is 0 Å². The third kappa shape index (κ3) is 4.77. The molecule has 0 saturated heterocycles. The van der Waals surface area contributed by atoms with Crippen molar-refractivity contribution in [3.63, 3.8) is 0 Å². The molecule has 0 heterocycles. The summed E-state index contributed by atoms with van der Waals surface area (Å²) in [6.07, 6.45) is 0. The lowest BCUT2D eigenvalue weighted by atomic mass is 10.1. The molecule has 1 rings (SSSR count). The number of nitrogens with one attached hydrogen (secondary N) is 2. The number of hydrogen-bond donors (Lipinski definition) is 4. The fourth-order valence-electron chi connectivity index (χ4n) is 1.68. The van der Waals surface area contributed by atoms with Crippen LogP contribution >= 0.6 is 0 Å². The van der Waals surface area contributed by atoms with E-state index in [9.17, 15) is 4.79 Å². The first-order chi connectivity index (χ1) is 9.58. The van der Waals surface area contributed by atoms with Gasteiger partial charge in [0.05, 0.1) is 12.7 Å². The maximum atomic E-state index is 10.7. The van der Waals surface area contributed by atoms with Gasteiger partial charge in [0.25, 0.3) is 0 Å². The molecular formula is C13H20N4O3. The molecule has 0 spiro atoms. The maximum absolute atomic E-state index is 10.7. The van der Waals surface area contributed by atoms with Gasteiger partial charge in [-0.15, -0.1) is 0 Å². The molecule has 0 unspecified atom stereocenters. The zero-order valence-electron chi connectivity index (χ0n) is 11.6. The van der Waals surface area contributed by atoms with Gasteiger partial charge >= 0.3 is 0 Å². The predicted molar refractivity (Wildman–Crippen MR) is 75.9 cm³/mol. The lowest BCUT2D eigenvalue weighted by Gasteiger charge is -2.10. The van der Waals surface area contributed by atoms with Crippen LogP contribution in [-0.2, 0) is 11.3 Å². The normalized spacial score (nSPS) is 11.2. The van der Waals surface area contributed by atoms with Crippen LogP contribution in [-0.4, -0.2) is 37.1 Å². The van der Waals surface area contributed by atoms with E-state index in [2.05, 4.69) is 15.8 Å². The molecule has 0 saturated carbocycles. The molecule has 0 aliphatic rings. The second kappa shape index (κ2) is 8.00. The van der Waals surface area contributed by atoms with Crippen LogP contribution in [0.3, 0.4) is 0 Å². The molecule has 1 aromatic carbocycles. The fraction of sp³-hybridized carbons (Fsp3) is 0.385. The van der Waals surface area contributed by atoms with Crippen molar-refractivity contribution in [2.75, 3.05) is 20.2 Å². The average molecular weight is 280 g/mol. The molecule has 7 nitrogen and oxygen atoms in total. The predicted octanol–water partition coefficient (Wildman–Crippen LogP) is 0.0154. The van der Waals surface area contributed by atoms with E-state index in [-0.39, 0.29) is 11.7 Å². The van der Waals surface area contributed by atoms with Crippen LogP contribution in [0.25, 0.3) is 0 Å². The van der Waals surface area contributed by atoms with Gasteiger partial charge in [-0.1, -0.05) is 11.2 Å². The van der Waals surface area contributed by atoms with Crippen molar-refractivity contribution >= 4 is 11.7 Å². The molecule has 7 heteroatoms. The second-order valence-corrected chi connectivity index (χ2v) is 4.18. The number of ether oxygens (including phenoxy) is 1. The summed E-state index contributed by atoms with van der Waals surface area (Å²) in [5.41, 5.74) is 7.11. The van der Waals surface area contributed by atoms with Crippen LogP contribution < -0.4 is 21.1 Å². The van der Waals surface area contributed by atoms with Crippen LogP contribution in [0.2, 0.25) is 0 Å². The Morgan fingerprint density at radius 3 is 2.80 bits per heavy atom. The van der Waals surface area contributed by atoms with Gasteiger partial charge in [0.1, 0.15) is 5.75 Å². The Hall–Kier alpha value is -2.28. The lowest BCUT2D eigenvalue weighted by molar-refractivity contribution is -0.118. The van der Waals surface area contributed by atoms with E-state index in [1.807, 2.05) is 6.07 Å². The minimum absolute atomic E-state index is 0.00180. The SMILES string of the molecule is COc1ccc(CNCCNC(C)=O)cc1C(N)=NO. The molecule has 0 aliphatic heterocycles. The van der Waals surface area contributed by atoms with Crippen LogP contribution in [0.1, 0.15) is 18.1 Å². The van der Waals surface area contributed by atoms with Gasteiger partial charge < -0.3 is 26.3 Å². The number of nitrogens with zero attached hydrogens (tertiary/aromatic N) is 1. The quantitative estimate of drug-likeness (QED) is 0.185. The number of carbonyl (C=O) groups excluding carboxylic acids is 1. The number of hydrogen-bond acceptors (Lipinski definition) is 5. The zero-order chi connectivity index (χ0) is 15.0. The highest BCUT2D eigenvalue weighted by Crippen LogP contribution is 2.19. The first kappa shape index (κ1) is 15.8. The molecule has 0 atom stereocenters. The second-order valence-electron chi connectivity index (χ2n) is 4.18. The molecule has 20 heavy (non-hydrogen) atoms. The Kier molecular flexibility index (Phi) is 6.31. The summed E-state index contributed by atoms with van der Waals surface area (Å²) < 4.78 is 5.15. The number of oxime groups is 1. The van der Waals surface area contributed by atoms with Crippen molar-refractivity contribution in [3.8, 4) is 5.75 Å². The number of nitrogens with two attached hydrogens (primary N) is 1. The zero-order valence-corrected chi connectivity index (χ0v) is 11.6. The van der Waals surface area contributed by atoms with E-state index in [4.69, 9.17) is 15.7 Å². The van der Waals surface area contributed by atoms with Gasteiger partial charge in [-0.2, -0.15) is 0 Å². The van der Waals surface area contributed by atoms with Crippen molar-refractivity contribution in [3.05, 3.63) is 29.3 Å². The third-order valence-corrected chi connectivity index (χ3v) is 2.65. The highest BCUT2D eigenvalue weighted by Gasteiger charge is 2.08. The first-order valence-corrected chi connectivity index (χ1v) is 6.18. The summed E-state index contributed by atoms with van der Waals surface area (Å²) in [6.45, 7) is 3.31. The molecule has 1 aromatic rings. The maximum Gasteiger partial charge on any atom is 0.216 e. The van der Waals surface area contributed by atoms with Crippen LogP contribution in [0.5, 0.6) is 5.75 Å². The van der Waals surface area contributed by atoms with Crippen molar-refractivity contribution < 1.29 is 14.7 Å². The minimum atomic E-state index is -0.0505. The van der Waals surface area contributed by atoms with E-state index in [1.54, 1.807) is 12.1 Å². The topological polar surface area (TPSA) is 109 Å². The summed E-state index contributed by atoms with van der Waals surface area (Å²) in [5, 5.41) is 17.6. The van der Waals surface area contributed by atoms with E-state index < -0.39 is 0 Å². The summed E-state index contributed by atoms with van der Waals surface area (Å²) in [7, 11) is 1.52. The fourth-order valence-corrected chi connectivity index (χ4v) is 1.68. The van der Waals surface area contributed by atoms with Crippen molar-refractivity contribution in [2.45, 2.75) is 13.5 Å². The van der Waals surface area contributed by atoms with Gasteiger partial charge in [0.2, 0.25) is 5.91 Å². The number of benzene rings is 1. The molecule has 1 amide bonds. The van der Waals surface area contributed by atoms with E-state index in [1.165, 1.54) is 14.0 Å². The van der Waals surface area contributed by atoms with Crippen LogP contribution in [0.4, 0.5) is 0 Å². The standard InChI is InChI=1S/C13H20N4O3/c1-9(18)16-6-5-15-8-10-3-4-12(20-2)11(7-10)13(14)17-19/h3-4,7,15,19H,5-6,8H2,1-2H3,(H2,14,17)(H,16,18). The summed E-state index contributed by atoms with van der Waals surface area (Å²) in [6, 6.07) is 5.44. The Labute approximate surface area is 117 Å². The van der Waals surface area contributed by atoms with Gasteiger partial charge in [-0.25, -0.2) is 0 Å². The molecule has 0 fully saturated rings. The molecule has 0 aliphatic carbocycles. The molecule has 0 aromatic heterocycles. The minimum Gasteiger partial charge on any atom is -0.496 e. The van der Waals surface area contributed by atoms with Crippen LogP contribution in [0.15, 0.2) is 23.4 Å². The van der Waals surface area contributed by atoms with Gasteiger partial charge in [0, 0.05) is 26.6 Å². The van der Waals surface area contributed by atoms with Crippen molar-refractivity contribution in [1.82, 2.24) is 10.6 Å². The Balaban J connectivity index is 2.61. The Morgan fingerprint density at radius 2 is 2.20 bits per heavy atom. The molecule has 0 bridgehead atoms. The summed E-state index contributed by atoms with van der Waals surface area (Å²) in [5.74, 6) is 0.495. The Bertz CT molecular complexity index is 489.